The van der Waals surface area contributed by atoms with Gasteiger partial charge in [0.1, 0.15) is 13.2 Å². The fraction of sp³-hybridized carbons (Fsp3) is 0.333. The Balaban J connectivity index is 1.74. The molecule has 1 aliphatic heterocycles. The molecule has 0 bridgehead atoms. The van der Waals surface area contributed by atoms with Gasteiger partial charge in [-0.1, -0.05) is 23.7 Å². The molecular weight excluding hydrogens is 380 g/mol. The number of nitrogens with one attached hydrogen (secondary N) is 2. The molecule has 1 heterocycles. The Morgan fingerprint density at radius 2 is 1.82 bits per heavy atom. The van der Waals surface area contributed by atoms with E-state index in [4.69, 9.17) is 21.1 Å². The van der Waals surface area contributed by atoms with E-state index < -0.39 is 0 Å². The van der Waals surface area contributed by atoms with Crippen LogP contribution < -0.4 is 20.1 Å². The lowest BCUT2D eigenvalue weighted by Gasteiger charge is -2.21. The van der Waals surface area contributed by atoms with E-state index >= 15 is 0 Å². The summed E-state index contributed by atoms with van der Waals surface area (Å²) in [7, 11) is 0. The molecule has 2 N–H and O–H groups in total. The predicted octanol–water partition coefficient (Wildman–Crippen LogP) is 3.82. The number of benzene rings is 2. The highest BCUT2D eigenvalue weighted by molar-refractivity contribution is 6.32. The van der Waals surface area contributed by atoms with Crippen molar-refractivity contribution in [2.24, 2.45) is 0 Å². The van der Waals surface area contributed by atoms with E-state index in [9.17, 15) is 9.59 Å². The molecule has 0 saturated heterocycles. The largest absolute Gasteiger partial charge is 0.486 e. The standard InChI is InChI=1S/C21H23ClN2O4/c1-21(2,3)24-20(26)14-6-4-5-7-16(14)23-18(25)12-13-10-15(22)19-17(11-13)27-8-9-28-19/h4-7,10-11H,8-9,12H2,1-3H3,(H,23,25)(H,24,26). The minimum Gasteiger partial charge on any atom is -0.486 e. The van der Waals surface area contributed by atoms with E-state index in [-0.39, 0.29) is 23.8 Å². The van der Waals surface area contributed by atoms with Gasteiger partial charge in [-0.15, -0.1) is 0 Å². The first-order valence-corrected chi connectivity index (χ1v) is 9.40. The van der Waals surface area contributed by atoms with Crippen LogP contribution in [0.1, 0.15) is 36.7 Å². The van der Waals surface area contributed by atoms with E-state index in [1.165, 1.54) is 0 Å². The summed E-state index contributed by atoms with van der Waals surface area (Å²) < 4.78 is 11.0. The van der Waals surface area contributed by atoms with Gasteiger partial charge in [0.15, 0.2) is 11.5 Å². The molecule has 1 aliphatic rings. The third-order valence-electron chi connectivity index (χ3n) is 3.96. The van der Waals surface area contributed by atoms with Gasteiger partial charge >= 0.3 is 0 Å². The van der Waals surface area contributed by atoms with Gasteiger partial charge in [0.25, 0.3) is 5.91 Å². The maximum atomic E-state index is 12.6. The Labute approximate surface area is 169 Å². The van der Waals surface area contributed by atoms with Crippen molar-refractivity contribution >= 4 is 29.1 Å². The predicted molar refractivity (Wildman–Crippen MR) is 108 cm³/mol. The molecule has 0 unspecified atom stereocenters. The molecule has 2 aromatic rings. The SMILES string of the molecule is CC(C)(C)NC(=O)c1ccccc1NC(=O)Cc1cc(Cl)c2c(c1)OCCO2. The number of amides is 2. The number of ether oxygens (including phenoxy) is 2. The number of anilines is 1. The van der Waals surface area contributed by atoms with Crippen LogP contribution in [0.5, 0.6) is 11.5 Å². The van der Waals surface area contributed by atoms with E-state index in [2.05, 4.69) is 10.6 Å². The van der Waals surface area contributed by atoms with Gasteiger partial charge < -0.3 is 20.1 Å². The molecule has 0 fully saturated rings. The lowest BCUT2D eigenvalue weighted by atomic mass is 10.1. The van der Waals surface area contributed by atoms with Crippen molar-refractivity contribution in [3.05, 3.63) is 52.5 Å². The van der Waals surface area contributed by atoms with Gasteiger partial charge in [-0.25, -0.2) is 0 Å². The van der Waals surface area contributed by atoms with Crippen LogP contribution in [0.25, 0.3) is 0 Å². The quantitative estimate of drug-likeness (QED) is 0.815. The Bertz CT molecular complexity index is 906. The number of halogens is 1. The summed E-state index contributed by atoms with van der Waals surface area (Å²) in [5.74, 6) is 0.530. The number of hydrogen-bond acceptors (Lipinski definition) is 4. The normalized spacial score (nSPS) is 13.0. The molecule has 2 amide bonds. The summed E-state index contributed by atoms with van der Waals surface area (Å²) in [6.07, 6.45) is 0.0889. The molecule has 28 heavy (non-hydrogen) atoms. The van der Waals surface area contributed by atoms with Crippen molar-refractivity contribution in [1.82, 2.24) is 5.32 Å². The Hall–Kier alpha value is -2.73. The monoisotopic (exact) mass is 402 g/mol. The van der Waals surface area contributed by atoms with Gasteiger partial charge in [0.05, 0.1) is 22.7 Å². The number of hydrogen-bond donors (Lipinski definition) is 2. The molecule has 148 valence electrons. The molecule has 0 atom stereocenters. The maximum absolute atomic E-state index is 12.6. The lowest BCUT2D eigenvalue weighted by Crippen LogP contribution is -2.40. The molecule has 7 heteroatoms. The number of rotatable bonds is 4. The summed E-state index contributed by atoms with van der Waals surface area (Å²) in [5, 5.41) is 6.12. The van der Waals surface area contributed by atoms with Crippen molar-refractivity contribution in [3.8, 4) is 11.5 Å². The Morgan fingerprint density at radius 1 is 1.11 bits per heavy atom. The Morgan fingerprint density at radius 3 is 2.57 bits per heavy atom. The molecule has 0 aliphatic carbocycles. The summed E-state index contributed by atoms with van der Waals surface area (Å²) in [4.78, 5) is 25.1. The van der Waals surface area contributed by atoms with Crippen LogP contribution in [-0.4, -0.2) is 30.6 Å². The van der Waals surface area contributed by atoms with Gasteiger partial charge in [-0.3, -0.25) is 9.59 Å². The number of fused-ring (bicyclic) bond motifs is 1. The van der Waals surface area contributed by atoms with Crippen molar-refractivity contribution in [3.63, 3.8) is 0 Å². The fourth-order valence-electron chi connectivity index (χ4n) is 2.84. The first kappa shape index (κ1) is 20.0. The van der Waals surface area contributed by atoms with E-state index in [1.54, 1.807) is 36.4 Å². The zero-order valence-electron chi connectivity index (χ0n) is 16.1. The number of para-hydroxylation sites is 1. The zero-order chi connectivity index (χ0) is 20.3. The molecule has 0 saturated carbocycles. The summed E-state index contributed by atoms with van der Waals surface area (Å²) in [6.45, 7) is 6.59. The molecule has 0 spiro atoms. The van der Waals surface area contributed by atoms with E-state index in [1.807, 2.05) is 20.8 Å². The van der Waals surface area contributed by atoms with Gasteiger partial charge in [-0.05, 0) is 50.6 Å². The summed E-state index contributed by atoms with van der Waals surface area (Å²) in [6, 6.07) is 10.3. The average Bonchev–Trinajstić information content (AvgIpc) is 2.60. The molecule has 3 rings (SSSR count). The van der Waals surface area contributed by atoms with Crippen LogP contribution in [0.4, 0.5) is 5.69 Å². The van der Waals surface area contributed by atoms with Gasteiger partial charge in [-0.2, -0.15) is 0 Å². The highest BCUT2D eigenvalue weighted by Gasteiger charge is 2.20. The van der Waals surface area contributed by atoms with Crippen LogP contribution in [0.15, 0.2) is 36.4 Å². The van der Waals surface area contributed by atoms with Crippen molar-refractivity contribution in [2.75, 3.05) is 18.5 Å². The zero-order valence-corrected chi connectivity index (χ0v) is 16.9. The lowest BCUT2D eigenvalue weighted by molar-refractivity contribution is -0.115. The Kier molecular flexibility index (Phi) is 5.79. The third-order valence-corrected chi connectivity index (χ3v) is 4.24. The van der Waals surface area contributed by atoms with Gasteiger partial charge in [0, 0.05) is 5.54 Å². The van der Waals surface area contributed by atoms with Crippen LogP contribution in [0.2, 0.25) is 5.02 Å². The van der Waals surface area contributed by atoms with Crippen LogP contribution in [0, 0.1) is 0 Å². The van der Waals surface area contributed by atoms with Crippen LogP contribution >= 0.6 is 11.6 Å². The summed E-state index contributed by atoms with van der Waals surface area (Å²) >= 11 is 6.23. The maximum Gasteiger partial charge on any atom is 0.253 e. The highest BCUT2D eigenvalue weighted by atomic mass is 35.5. The highest BCUT2D eigenvalue weighted by Crippen LogP contribution is 2.38. The molecule has 0 aromatic heterocycles. The smallest absolute Gasteiger partial charge is 0.253 e. The third kappa shape index (κ3) is 4.95. The second-order valence-electron chi connectivity index (χ2n) is 7.58. The second kappa shape index (κ2) is 8.10. The number of carbonyl (C=O) groups excluding carboxylic acids is 2. The minimum absolute atomic E-state index is 0.0889. The first-order valence-electron chi connectivity index (χ1n) is 9.02. The molecule has 0 radical (unpaired) electrons. The second-order valence-corrected chi connectivity index (χ2v) is 7.98. The van der Waals surface area contributed by atoms with Gasteiger partial charge in [0.2, 0.25) is 5.91 Å². The van der Waals surface area contributed by atoms with Crippen LogP contribution in [-0.2, 0) is 11.2 Å². The fourth-order valence-corrected chi connectivity index (χ4v) is 3.13. The van der Waals surface area contributed by atoms with Crippen molar-refractivity contribution < 1.29 is 19.1 Å². The minimum atomic E-state index is -0.379. The molecule has 2 aromatic carbocycles. The first-order chi connectivity index (χ1) is 13.2. The van der Waals surface area contributed by atoms with E-state index in [0.717, 1.165) is 0 Å². The summed E-state index contributed by atoms with van der Waals surface area (Å²) in [5.41, 5.74) is 1.18. The van der Waals surface area contributed by atoms with Crippen LogP contribution in [0.3, 0.4) is 0 Å². The molecule has 6 nitrogen and oxygen atoms in total. The molecular formula is C21H23ClN2O4. The van der Waals surface area contributed by atoms with E-state index in [0.29, 0.717) is 46.5 Å². The average molecular weight is 403 g/mol. The van der Waals surface area contributed by atoms with Crippen molar-refractivity contribution in [1.29, 1.82) is 0 Å². The van der Waals surface area contributed by atoms with Crippen molar-refractivity contribution in [2.45, 2.75) is 32.7 Å². The number of carbonyl (C=O) groups is 2. The topological polar surface area (TPSA) is 76.7 Å².